The molecule has 7 heteroatoms. The molecule has 0 radical (unpaired) electrons. The molecule has 2 rings (SSSR count). The molecule has 0 saturated heterocycles. The monoisotopic (exact) mass is 491 g/mol. The smallest absolute Gasteiger partial charge is 0.191 e. The molecule has 6 nitrogen and oxygen atoms in total. The van der Waals surface area contributed by atoms with Crippen molar-refractivity contribution in [3.8, 4) is 11.5 Å². The maximum absolute atomic E-state index is 5.98. The van der Waals surface area contributed by atoms with Gasteiger partial charge in [-0.15, -0.1) is 24.0 Å². The lowest BCUT2D eigenvalue weighted by Crippen LogP contribution is -2.48. The molecular weight excluding hydrogens is 457 g/mol. The normalized spacial score (nSPS) is 16.5. The van der Waals surface area contributed by atoms with Crippen LogP contribution >= 0.6 is 24.0 Å². The summed E-state index contributed by atoms with van der Waals surface area (Å²) in [5, 5.41) is 6.81. The molecule has 1 unspecified atom stereocenters. The van der Waals surface area contributed by atoms with Crippen molar-refractivity contribution in [2.45, 2.75) is 38.7 Å². The number of rotatable bonds is 10. The second-order valence-corrected chi connectivity index (χ2v) is 6.98. The molecule has 1 atom stereocenters. The van der Waals surface area contributed by atoms with Crippen molar-refractivity contribution >= 4 is 29.9 Å². The number of para-hydroxylation sites is 2. The summed E-state index contributed by atoms with van der Waals surface area (Å²) in [6, 6.07) is 7.68. The second kappa shape index (κ2) is 12.3. The van der Waals surface area contributed by atoms with E-state index in [1.54, 1.807) is 21.3 Å². The standard InChI is InChI=1S/C20H33N3O3.HI/c1-16(26-18-9-6-5-8-17(18)25-4)14-22-19(21-2)23-15-20(10-7-11-20)12-13-24-3;/h5-6,8-9,16H,7,10-15H2,1-4H3,(H2,21,22,23);1H. The van der Waals surface area contributed by atoms with Crippen molar-refractivity contribution in [2.24, 2.45) is 10.4 Å². The van der Waals surface area contributed by atoms with Gasteiger partial charge < -0.3 is 24.8 Å². The fraction of sp³-hybridized carbons (Fsp3) is 0.650. The van der Waals surface area contributed by atoms with E-state index >= 15 is 0 Å². The summed E-state index contributed by atoms with van der Waals surface area (Å²) in [4.78, 5) is 4.33. The topological polar surface area (TPSA) is 64.1 Å². The van der Waals surface area contributed by atoms with Crippen LogP contribution in [0, 0.1) is 5.41 Å². The molecule has 0 aromatic heterocycles. The van der Waals surface area contributed by atoms with E-state index in [9.17, 15) is 0 Å². The van der Waals surface area contributed by atoms with Crippen LogP contribution in [0.15, 0.2) is 29.3 Å². The number of aliphatic imine (C=N–C) groups is 1. The van der Waals surface area contributed by atoms with Gasteiger partial charge in [-0.3, -0.25) is 4.99 Å². The Morgan fingerprint density at radius 2 is 1.89 bits per heavy atom. The van der Waals surface area contributed by atoms with Crippen LogP contribution in [0.4, 0.5) is 0 Å². The van der Waals surface area contributed by atoms with E-state index in [-0.39, 0.29) is 30.1 Å². The van der Waals surface area contributed by atoms with Gasteiger partial charge in [0.1, 0.15) is 6.10 Å². The van der Waals surface area contributed by atoms with Crippen LogP contribution in [0.3, 0.4) is 0 Å². The zero-order chi connectivity index (χ0) is 18.8. The Morgan fingerprint density at radius 3 is 2.44 bits per heavy atom. The van der Waals surface area contributed by atoms with Gasteiger partial charge in [0, 0.05) is 27.3 Å². The lowest BCUT2D eigenvalue weighted by molar-refractivity contribution is 0.0732. The van der Waals surface area contributed by atoms with E-state index in [1.165, 1.54) is 19.3 Å². The highest BCUT2D eigenvalue weighted by atomic mass is 127. The van der Waals surface area contributed by atoms with Gasteiger partial charge in [0.25, 0.3) is 0 Å². The summed E-state index contributed by atoms with van der Waals surface area (Å²) < 4.78 is 16.6. The Balaban J connectivity index is 0.00000364. The van der Waals surface area contributed by atoms with E-state index in [2.05, 4.69) is 15.6 Å². The van der Waals surface area contributed by atoms with Gasteiger partial charge in [0.2, 0.25) is 0 Å². The largest absolute Gasteiger partial charge is 0.493 e. The van der Waals surface area contributed by atoms with Crippen molar-refractivity contribution in [2.75, 3.05) is 41.0 Å². The van der Waals surface area contributed by atoms with Gasteiger partial charge in [-0.1, -0.05) is 18.6 Å². The van der Waals surface area contributed by atoms with E-state index in [0.29, 0.717) is 12.0 Å². The first-order valence-corrected chi connectivity index (χ1v) is 9.35. The van der Waals surface area contributed by atoms with Crippen LogP contribution in [0.1, 0.15) is 32.6 Å². The molecule has 1 saturated carbocycles. The Kier molecular flexibility index (Phi) is 10.8. The van der Waals surface area contributed by atoms with Gasteiger partial charge >= 0.3 is 0 Å². The Bertz CT molecular complexity index is 579. The quantitative estimate of drug-likeness (QED) is 0.298. The predicted octanol–water partition coefficient (Wildman–Crippen LogP) is 3.45. The Labute approximate surface area is 180 Å². The van der Waals surface area contributed by atoms with E-state index in [0.717, 1.165) is 37.0 Å². The van der Waals surface area contributed by atoms with Crippen LogP contribution in [-0.2, 0) is 4.74 Å². The third-order valence-corrected chi connectivity index (χ3v) is 5.06. The van der Waals surface area contributed by atoms with Crippen molar-refractivity contribution in [3.05, 3.63) is 24.3 Å². The average Bonchev–Trinajstić information content (AvgIpc) is 2.63. The maximum Gasteiger partial charge on any atom is 0.191 e. The van der Waals surface area contributed by atoms with Crippen molar-refractivity contribution in [3.63, 3.8) is 0 Å². The molecular formula is C20H34IN3O3. The Hall–Kier alpha value is -1.22. The molecule has 0 bridgehead atoms. The zero-order valence-corrected chi connectivity index (χ0v) is 19.2. The van der Waals surface area contributed by atoms with Gasteiger partial charge in [-0.25, -0.2) is 0 Å². The molecule has 0 spiro atoms. The number of halogens is 1. The van der Waals surface area contributed by atoms with Crippen LogP contribution < -0.4 is 20.1 Å². The summed E-state index contributed by atoms with van der Waals surface area (Å²) in [7, 11) is 5.21. The second-order valence-electron chi connectivity index (χ2n) is 6.98. The summed E-state index contributed by atoms with van der Waals surface area (Å²) in [6.07, 6.45) is 4.90. The number of benzene rings is 1. The number of hydrogen-bond acceptors (Lipinski definition) is 4. The molecule has 2 N–H and O–H groups in total. The van der Waals surface area contributed by atoms with Crippen molar-refractivity contribution in [1.82, 2.24) is 10.6 Å². The minimum Gasteiger partial charge on any atom is -0.493 e. The zero-order valence-electron chi connectivity index (χ0n) is 16.9. The molecule has 154 valence electrons. The van der Waals surface area contributed by atoms with Crippen LogP contribution in [0.5, 0.6) is 11.5 Å². The lowest BCUT2D eigenvalue weighted by atomic mass is 9.67. The average molecular weight is 491 g/mol. The minimum absolute atomic E-state index is 0. The highest BCUT2D eigenvalue weighted by Crippen LogP contribution is 2.43. The van der Waals surface area contributed by atoms with Gasteiger partial charge in [0.15, 0.2) is 17.5 Å². The van der Waals surface area contributed by atoms with Gasteiger partial charge in [-0.05, 0) is 43.7 Å². The van der Waals surface area contributed by atoms with Gasteiger partial charge in [0.05, 0.1) is 13.7 Å². The number of methoxy groups -OCH3 is 2. The third-order valence-electron chi connectivity index (χ3n) is 5.06. The van der Waals surface area contributed by atoms with Crippen molar-refractivity contribution in [1.29, 1.82) is 0 Å². The minimum atomic E-state index is -0.0176. The molecule has 0 amide bonds. The summed E-state index contributed by atoms with van der Waals surface area (Å²) in [5.41, 5.74) is 0.354. The van der Waals surface area contributed by atoms with E-state index < -0.39 is 0 Å². The third kappa shape index (κ3) is 7.37. The fourth-order valence-corrected chi connectivity index (χ4v) is 3.22. The number of ether oxygens (including phenoxy) is 3. The van der Waals surface area contributed by atoms with Crippen molar-refractivity contribution < 1.29 is 14.2 Å². The molecule has 1 aliphatic carbocycles. The summed E-state index contributed by atoms with van der Waals surface area (Å²) in [6.45, 7) is 4.43. The molecule has 1 fully saturated rings. The van der Waals surface area contributed by atoms with E-state index in [1.807, 2.05) is 31.2 Å². The summed E-state index contributed by atoms with van der Waals surface area (Å²) >= 11 is 0. The van der Waals surface area contributed by atoms with Gasteiger partial charge in [-0.2, -0.15) is 0 Å². The molecule has 0 aliphatic heterocycles. The first-order valence-electron chi connectivity index (χ1n) is 9.35. The molecule has 0 heterocycles. The molecule has 1 aliphatic rings. The number of hydrogen-bond donors (Lipinski definition) is 2. The predicted molar refractivity (Wildman–Crippen MR) is 121 cm³/mol. The number of nitrogens with one attached hydrogen (secondary N) is 2. The molecule has 1 aromatic rings. The SMILES string of the molecule is CN=C(NCC(C)Oc1ccccc1OC)NCC1(CCOC)CCC1.I. The lowest BCUT2D eigenvalue weighted by Gasteiger charge is -2.42. The maximum atomic E-state index is 5.98. The fourth-order valence-electron chi connectivity index (χ4n) is 3.22. The number of nitrogens with zero attached hydrogens (tertiary/aromatic N) is 1. The first-order chi connectivity index (χ1) is 12.6. The number of guanidine groups is 1. The first kappa shape index (κ1) is 23.8. The van der Waals surface area contributed by atoms with Crippen LogP contribution in [0.25, 0.3) is 0 Å². The van der Waals surface area contributed by atoms with Crippen LogP contribution in [-0.4, -0.2) is 53.0 Å². The Morgan fingerprint density at radius 1 is 1.19 bits per heavy atom. The molecule has 27 heavy (non-hydrogen) atoms. The van der Waals surface area contributed by atoms with Crippen LogP contribution in [0.2, 0.25) is 0 Å². The summed E-state index contributed by atoms with van der Waals surface area (Å²) in [5.74, 6) is 2.30. The highest BCUT2D eigenvalue weighted by Gasteiger charge is 2.36. The van der Waals surface area contributed by atoms with E-state index in [4.69, 9.17) is 14.2 Å². The molecule has 1 aromatic carbocycles. The highest BCUT2D eigenvalue weighted by molar-refractivity contribution is 14.0.